The first-order chi connectivity index (χ1) is 10.3. The SMILES string of the molecule is O=C(CCCc1c[nH]c2ccccc12)N(CCO)CCO. The van der Waals surface area contributed by atoms with Crippen LogP contribution >= 0.6 is 0 Å². The van der Waals surface area contributed by atoms with Gasteiger partial charge in [-0.3, -0.25) is 4.79 Å². The van der Waals surface area contributed by atoms with Gasteiger partial charge in [-0.2, -0.15) is 0 Å². The van der Waals surface area contributed by atoms with E-state index in [0.717, 1.165) is 18.4 Å². The summed E-state index contributed by atoms with van der Waals surface area (Å²) in [5.41, 5.74) is 2.33. The molecule has 0 bridgehead atoms. The molecule has 0 unspecified atom stereocenters. The molecule has 0 atom stereocenters. The molecule has 2 aromatic rings. The van der Waals surface area contributed by atoms with Crippen LogP contribution in [0.5, 0.6) is 0 Å². The molecule has 0 fully saturated rings. The van der Waals surface area contributed by atoms with Crippen LogP contribution in [0.1, 0.15) is 18.4 Å². The molecule has 1 amide bonds. The average molecular weight is 290 g/mol. The van der Waals surface area contributed by atoms with Crippen LogP contribution in [0, 0.1) is 0 Å². The largest absolute Gasteiger partial charge is 0.395 e. The van der Waals surface area contributed by atoms with E-state index >= 15 is 0 Å². The standard InChI is InChI=1S/C16H22N2O3/c19-10-8-18(9-11-20)16(21)7-3-4-13-12-17-15-6-2-1-5-14(13)15/h1-2,5-6,12,17,19-20H,3-4,7-11H2. The number of H-pyrrole nitrogens is 1. The van der Waals surface area contributed by atoms with E-state index in [0.29, 0.717) is 6.42 Å². The molecule has 0 saturated heterocycles. The Labute approximate surface area is 124 Å². The maximum atomic E-state index is 12.0. The lowest BCUT2D eigenvalue weighted by Gasteiger charge is -2.20. The average Bonchev–Trinajstić information content (AvgIpc) is 2.90. The summed E-state index contributed by atoms with van der Waals surface area (Å²) >= 11 is 0. The Morgan fingerprint density at radius 2 is 1.86 bits per heavy atom. The van der Waals surface area contributed by atoms with E-state index in [1.54, 1.807) is 0 Å². The van der Waals surface area contributed by atoms with Crippen molar-refractivity contribution in [1.82, 2.24) is 9.88 Å². The van der Waals surface area contributed by atoms with Crippen molar-refractivity contribution < 1.29 is 15.0 Å². The molecule has 0 spiro atoms. The molecule has 1 aromatic carbocycles. The summed E-state index contributed by atoms with van der Waals surface area (Å²) in [7, 11) is 0. The van der Waals surface area contributed by atoms with Gasteiger partial charge in [0.1, 0.15) is 0 Å². The topological polar surface area (TPSA) is 76.6 Å². The Kier molecular flexibility index (Phi) is 5.78. The van der Waals surface area contributed by atoms with Crippen molar-refractivity contribution in [2.75, 3.05) is 26.3 Å². The highest BCUT2D eigenvalue weighted by molar-refractivity contribution is 5.83. The zero-order chi connectivity index (χ0) is 15.1. The third kappa shape index (κ3) is 4.06. The smallest absolute Gasteiger partial charge is 0.222 e. The minimum Gasteiger partial charge on any atom is -0.395 e. The first kappa shape index (κ1) is 15.5. The number of aliphatic hydroxyl groups excluding tert-OH is 2. The molecule has 5 nitrogen and oxygen atoms in total. The third-order valence-electron chi connectivity index (χ3n) is 3.60. The Bertz CT molecular complexity index is 574. The van der Waals surface area contributed by atoms with Crippen molar-refractivity contribution in [2.24, 2.45) is 0 Å². The molecule has 114 valence electrons. The molecule has 0 saturated carbocycles. The lowest BCUT2D eigenvalue weighted by Crippen LogP contribution is -2.35. The molecule has 0 aliphatic heterocycles. The fraction of sp³-hybridized carbons (Fsp3) is 0.438. The number of aryl methyl sites for hydroxylation is 1. The lowest BCUT2D eigenvalue weighted by atomic mass is 10.1. The van der Waals surface area contributed by atoms with Gasteiger partial charge in [0.05, 0.1) is 13.2 Å². The molecule has 2 rings (SSSR count). The summed E-state index contributed by atoms with van der Waals surface area (Å²) in [5.74, 6) is -0.0158. The molecular weight excluding hydrogens is 268 g/mol. The van der Waals surface area contributed by atoms with Crippen molar-refractivity contribution in [3.8, 4) is 0 Å². The van der Waals surface area contributed by atoms with Gasteiger partial charge in [0.15, 0.2) is 0 Å². The van der Waals surface area contributed by atoms with E-state index in [1.807, 2.05) is 24.4 Å². The molecule has 21 heavy (non-hydrogen) atoms. The number of hydrogen-bond donors (Lipinski definition) is 3. The Morgan fingerprint density at radius 3 is 2.57 bits per heavy atom. The van der Waals surface area contributed by atoms with E-state index in [9.17, 15) is 4.79 Å². The summed E-state index contributed by atoms with van der Waals surface area (Å²) in [5, 5.41) is 19.1. The predicted molar refractivity (Wildman–Crippen MR) is 82.0 cm³/mol. The maximum absolute atomic E-state index is 12.0. The maximum Gasteiger partial charge on any atom is 0.222 e. The molecule has 0 aliphatic rings. The van der Waals surface area contributed by atoms with Gasteiger partial charge in [-0.1, -0.05) is 18.2 Å². The van der Waals surface area contributed by atoms with E-state index < -0.39 is 0 Å². The number of fused-ring (bicyclic) bond motifs is 1. The van der Waals surface area contributed by atoms with Gasteiger partial charge < -0.3 is 20.1 Å². The molecular formula is C16H22N2O3. The number of carbonyl (C=O) groups excluding carboxylic acids is 1. The lowest BCUT2D eigenvalue weighted by molar-refractivity contribution is -0.132. The summed E-state index contributed by atoms with van der Waals surface area (Å²) in [6, 6.07) is 8.11. The van der Waals surface area contributed by atoms with E-state index in [-0.39, 0.29) is 32.2 Å². The van der Waals surface area contributed by atoms with Crippen LogP contribution in [0.15, 0.2) is 30.5 Å². The molecule has 1 aromatic heterocycles. The van der Waals surface area contributed by atoms with Crippen molar-refractivity contribution in [2.45, 2.75) is 19.3 Å². The summed E-state index contributed by atoms with van der Waals surface area (Å²) < 4.78 is 0. The van der Waals surface area contributed by atoms with E-state index in [4.69, 9.17) is 10.2 Å². The second kappa shape index (κ2) is 7.81. The van der Waals surface area contributed by atoms with Gasteiger partial charge in [0.2, 0.25) is 5.91 Å². The van der Waals surface area contributed by atoms with E-state index in [2.05, 4.69) is 11.1 Å². The van der Waals surface area contributed by atoms with Crippen molar-refractivity contribution >= 4 is 16.8 Å². The molecule has 0 radical (unpaired) electrons. The van der Waals surface area contributed by atoms with Crippen LogP contribution in [-0.4, -0.2) is 52.3 Å². The van der Waals surface area contributed by atoms with Crippen molar-refractivity contribution in [1.29, 1.82) is 0 Å². The minimum atomic E-state index is -0.0752. The Morgan fingerprint density at radius 1 is 1.14 bits per heavy atom. The molecule has 1 heterocycles. The summed E-state index contributed by atoms with van der Waals surface area (Å²) in [6.07, 6.45) is 4.02. The second-order valence-electron chi connectivity index (χ2n) is 5.04. The van der Waals surface area contributed by atoms with E-state index in [1.165, 1.54) is 15.8 Å². The fourth-order valence-electron chi connectivity index (χ4n) is 2.53. The zero-order valence-electron chi connectivity index (χ0n) is 12.1. The van der Waals surface area contributed by atoms with Gasteiger partial charge >= 0.3 is 0 Å². The third-order valence-corrected chi connectivity index (χ3v) is 3.60. The number of rotatable bonds is 8. The van der Waals surface area contributed by atoms with Crippen LogP contribution in [0.25, 0.3) is 10.9 Å². The van der Waals surface area contributed by atoms with Gasteiger partial charge in [-0.15, -0.1) is 0 Å². The van der Waals surface area contributed by atoms with Crippen molar-refractivity contribution in [3.63, 3.8) is 0 Å². The number of benzene rings is 1. The second-order valence-corrected chi connectivity index (χ2v) is 5.04. The summed E-state index contributed by atoms with van der Waals surface area (Å²) in [4.78, 5) is 16.7. The van der Waals surface area contributed by atoms with Crippen LogP contribution < -0.4 is 0 Å². The van der Waals surface area contributed by atoms with Crippen LogP contribution in [-0.2, 0) is 11.2 Å². The number of aromatic amines is 1. The van der Waals surface area contributed by atoms with Crippen LogP contribution in [0.4, 0.5) is 0 Å². The summed E-state index contributed by atoms with van der Waals surface area (Å²) in [6.45, 7) is 0.418. The Hall–Kier alpha value is -1.85. The number of nitrogens with zero attached hydrogens (tertiary/aromatic N) is 1. The van der Waals surface area contributed by atoms with Gasteiger partial charge in [-0.25, -0.2) is 0 Å². The number of amides is 1. The van der Waals surface area contributed by atoms with Gasteiger partial charge in [0.25, 0.3) is 0 Å². The minimum absolute atomic E-state index is 0.0158. The van der Waals surface area contributed by atoms with Gasteiger partial charge in [0, 0.05) is 36.6 Å². The number of aliphatic hydroxyl groups is 2. The van der Waals surface area contributed by atoms with Crippen molar-refractivity contribution in [3.05, 3.63) is 36.0 Å². The first-order valence-electron chi connectivity index (χ1n) is 7.30. The monoisotopic (exact) mass is 290 g/mol. The fourth-order valence-corrected chi connectivity index (χ4v) is 2.53. The highest BCUT2D eigenvalue weighted by Crippen LogP contribution is 2.19. The molecule has 5 heteroatoms. The van der Waals surface area contributed by atoms with Crippen LogP contribution in [0.2, 0.25) is 0 Å². The molecule has 3 N–H and O–H groups in total. The number of para-hydroxylation sites is 1. The van der Waals surface area contributed by atoms with Crippen LogP contribution in [0.3, 0.4) is 0 Å². The first-order valence-corrected chi connectivity index (χ1v) is 7.30. The number of hydrogen-bond acceptors (Lipinski definition) is 3. The number of carbonyl (C=O) groups is 1. The number of aromatic nitrogens is 1. The zero-order valence-corrected chi connectivity index (χ0v) is 12.1. The highest BCUT2D eigenvalue weighted by atomic mass is 16.3. The highest BCUT2D eigenvalue weighted by Gasteiger charge is 2.12. The predicted octanol–water partition coefficient (Wildman–Crippen LogP) is 1.30. The molecule has 0 aliphatic carbocycles. The normalized spacial score (nSPS) is 11.0. The quantitative estimate of drug-likeness (QED) is 0.686. The van der Waals surface area contributed by atoms with Gasteiger partial charge in [-0.05, 0) is 24.5 Å². The number of nitrogens with one attached hydrogen (secondary N) is 1. The Balaban J connectivity index is 1.87.